The number of hydrogen-bond acceptors (Lipinski definition) is 3. The van der Waals surface area contributed by atoms with Gasteiger partial charge in [-0.15, -0.1) is 0 Å². The van der Waals surface area contributed by atoms with Gasteiger partial charge in [0.1, 0.15) is 17.3 Å². The van der Waals surface area contributed by atoms with Crippen molar-refractivity contribution in [3.8, 4) is 11.5 Å². The van der Waals surface area contributed by atoms with E-state index in [1.165, 1.54) is 13.2 Å². The van der Waals surface area contributed by atoms with Crippen LogP contribution in [-0.4, -0.2) is 24.8 Å². The molecule has 0 amide bonds. The molecule has 16 heavy (non-hydrogen) atoms. The molecule has 88 valence electrons. The Hall–Kier alpha value is -1.29. The Labute approximate surface area is 94.2 Å². The predicted octanol–water partition coefficient (Wildman–Crippen LogP) is 1.83. The van der Waals surface area contributed by atoms with Gasteiger partial charge in [-0.05, 0) is 25.8 Å². The molecule has 0 saturated carbocycles. The van der Waals surface area contributed by atoms with Gasteiger partial charge in [-0.3, -0.25) is 0 Å². The Morgan fingerprint density at radius 2 is 2.38 bits per heavy atom. The van der Waals surface area contributed by atoms with E-state index in [9.17, 15) is 9.50 Å². The zero-order valence-electron chi connectivity index (χ0n) is 9.29. The van der Waals surface area contributed by atoms with E-state index in [0.717, 1.165) is 25.5 Å². The lowest BCUT2D eigenvalue weighted by Gasteiger charge is -2.14. The van der Waals surface area contributed by atoms with Gasteiger partial charge in [0, 0.05) is 23.7 Å². The number of phenols is 1. The molecule has 0 aliphatic carbocycles. The van der Waals surface area contributed by atoms with Crippen LogP contribution in [0.4, 0.5) is 4.39 Å². The first kappa shape index (κ1) is 11.2. The van der Waals surface area contributed by atoms with E-state index in [1.807, 2.05) is 0 Å². The van der Waals surface area contributed by atoms with E-state index in [1.54, 1.807) is 0 Å². The number of phenolic OH excluding ortho intramolecular Hbond substituents is 1. The van der Waals surface area contributed by atoms with Crippen molar-refractivity contribution < 1.29 is 14.2 Å². The highest BCUT2D eigenvalue weighted by molar-refractivity contribution is 5.45. The number of halogens is 1. The van der Waals surface area contributed by atoms with E-state index in [4.69, 9.17) is 4.74 Å². The Morgan fingerprint density at radius 3 is 3.00 bits per heavy atom. The smallest absolute Gasteiger partial charge is 0.130 e. The van der Waals surface area contributed by atoms with Gasteiger partial charge in [0.05, 0.1) is 7.11 Å². The molecule has 1 unspecified atom stereocenters. The SMILES string of the molecule is COc1cc(F)cc(O)c1CC1CCCN1. The fourth-order valence-electron chi connectivity index (χ4n) is 2.16. The first-order valence-electron chi connectivity index (χ1n) is 5.49. The minimum absolute atomic E-state index is 0.0226. The van der Waals surface area contributed by atoms with Crippen LogP contribution in [0.15, 0.2) is 12.1 Å². The van der Waals surface area contributed by atoms with Crippen LogP contribution < -0.4 is 10.1 Å². The van der Waals surface area contributed by atoms with E-state index in [-0.39, 0.29) is 5.75 Å². The summed E-state index contributed by atoms with van der Waals surface area (Å²) in [5.41, 5.74) is 0.684. The van der Waals surface area contributed by atoms with E-state index >= 15 is 0 Å². The molecule has 1 aromatic carbocycles. The molecule has 3 nitrogen and oxygen atoms in total. The molecular formula is C12H16FNO2. The van der Waals surface area contributed by atoms with Gasteiger partial charge in [-0.25, -0.2) is 4.39 Å². The topological polar surface area (TPSA) is 41.5 Å². The third-order valence-electron chi connectivity index (χ3n) is 2.98. The molecule has 0 bridgehead atoms. The van der Waals surface area contributed by atoms with Crippen molar-refractivity contribution in [1.29, 1.82) is 0 Å². The first-order valence-corrected chi connectivity index (χ1v) is 5.49. The van der Waals surface area contributed by atoms with E-state index < -0.39 is 5.82 Å². The number of hydrogen-bond donors (Lipinski definition) is 2. The molecule has 1 saturated heterocycles. The molecule has 1 atom stereocenters. The standard InChI is InChI=1S/C12H16FNO2/c1-16-12-6-8(13)5-11(15)10(12)7-9-3-2-4-14-9/h5-6,9,14-15H,2-4,7H2,1H3. The molecule has 2 rings (SSSR count). The third-order valence-corrected chi connectivity index (χ3v) is 2.98. The Bertz CT molecular complexity index is 376. The quantitative estimate of drug-likeness (QED) is 0.824. The molecule has 1 heterocycles. The van der Waals surface area contributed by atoms with Crippen molar-refractivity contribution in [2.24, 2.45) is 0 Å². The monoisotopic (exact) mass is 225 g/mol. The second kappa shape index (κ2) is 4.70. The van der Waals surface area contributed by atoms with E-state index in [2.05, 4.69) is 5.32 Å². The lowest BCUT2D eigenvalue weighted by Crippen LogP contribution is -2.23. The average molecular weight is 225 g/mol. The molecule has 1 aliphatic rings. The van der Waals surface area contributed by atoms with Crippen LogP contribution in [0, 0.1) is 5.82 Å². The highest BCUT2D eigenvalue weighted by Gasteiger charge is 2.19. The van der Waals surface area contributed by atoms with Gasteiger partial charge in [-0.2, -0.15) is 0 Å². The number of aromatic hydroxyl groups is 1. The summed E-state index contributed by atoms with van der Waals surface area (Å²) < 4.78 is 18.1. The summed E-state index contributed by atoms with van der Waals surface area (Å²) in [6.07, 6.45) is 2.91. The highest BCUT2D eigenvalue weighted by Crippen LogP contribution is 2.31. The first-order chi connectivity index (χ1) is 7.70. The summed E-state index contributed by atoms with van der Waals surface area (Å²) in [7, 11) is 1.49. The summed E-state index contributed by atoms with van der Waals surface area (Å²) in [6, 6.07) is 2.79. The summed E-state index contributed by atoms with van der Waals surface area (Å²) in [5, 5.41) is 13.1. The van der Waals surface area contributed by atoms with Crippen molar-refractivity contribution in [1.82, 2.24) is 5.32 Å². The van der Waals surface area contributed by atoms with Crippen LogP contribution in [-0.2, 0) is 6.42 Å². The van der Waals surface area contributed by atoms with Crippen LogP contribution in [0.1, 0.15) is 18.4 Å². The third kappa shape index (κ3) is 2.27. The minimum atomic E-state index is -0.475. The Morgan fingerprint density at radius 1 is 1.56 bits per heavy atom. The highest BCUT2D eigenvalue weighted by atomic mass is 19.1. The lowest BCUT2D eigenvalue weighted by molar-refractivity contribution is 0.390. The number of methoxy groups -OCH3 is 1. The van der Waals surface area contributed by atoms with Crippen LogP contribution in [0.25, 0.3) is 0 Å². The minimum Gasteiger partial charge on any atom is -0.507 e. The second-order valence-corrected chi connectivity index (χ2v) is 4.10. The number of nitrogens with one attached hydrogen (secondary N) is 1. The van der Waals surface area contributed by atoms with Crippen LogP contribution in [0.3, 0.4) is 0 Å². The molecule has 0 aromatic heterocycles. The summed E-state index contributed by atoms with van der Waals surface area (Å²) in [5.74, 6) is -0.0748. The van der Waals surface area contributed by atoms with Crippen molar-refractivity contribution in [2.45, 2.75) is 25.3 Å². The van der Waals surface area contributed by atoms with Crippen LogP contribution in [0.5, 0.6) is 11.5 Å². The Kier molecular flexibility index (Phi) is 3.29. The fourth-order valence-corrected chi connectivity index (χ4v) is 2.16. The van der Waals surface area contributed by atoms with Gasteiger partial charge >= 0.3 is 0 Å². The molecule has 1 aliphatic heterocycles. The molecule has 1 fully saturated rings. The van der Waals surface area contributed by atoms with Gasteiger partial charge in [-0.1, -0.05) is 0 Å². The van der Waals surface area contributed by atoms with Gasteiger partial charge < -0.3 is 15.2 Å². The van der Waals surface area contributed by atoms with Crippen molar-refractivity contribution in [3.63, 3.8) is 0 Å². The zero-order valence-corrected chi connectivity index (χ0v) is 9.29. The summed E-state index contributed by atoms with van der Waals surface area (Å²) >= 11 is 0. The van der Waals surface area contributed by atoms with Crippen LogP contribution >= 0.6 is 0 Å². The lowest BCUT2D eigenvalue weighted by atomic mass is 10.0. The molecule has 1 aromatic rings. The average Bonchev–Trinajstić information content (AvgIpc) is 2.74. The van der Waals surface area contributed by atoms with E-state index in [0.29, 0.717) is 23.8 Å². The largest absolute Gasteiger partial charge is 0.507 e. The molecule has 2 N–H and O–H groups in total. The van der Waals surface area contributed by atoms with Crippen LogP contribution in [0.2, 0.25) is 0 Å². The molecule has 4 heteroatoms. The predicted molar refractivity (Wildman–Crippen MR) is 59.3 cm³/mol. The normalized spacial score (nSPS) is 20.0. The van der Waals surface area contributed by atoms with Gasteiger partial charge in [0.25, 0.3) is 0 Å². The number of ether oxygens (including phenoxy) is 1. The summed E-state index contributed by atoms with van der Waals surface area (Å²) in [6.45, 7) is 1.01. The van der Waals surface area contributed by atoms with Crippen molar-refractivity contribution >= 4 is 0 Å². The second-order valence-electron chi connectivity index (χ2n) is 4.10. The number of rotatable bonds is 3. The fraction of sp³-hybridized carbons (Fsp3) is 0.500. The number of benzene rings is 1. The Balaban J connectivity index is 2.23. The van der Waals surface area contributed by atoms with Crippen molar-refractivity contribution in [3.05, 3.63) is 23.5 Å². The zero-order chi connectivity index (χ0) is 11.5. The summed E-state index contributed by atoms with van der Waals surface area (Å²) in [4.78, 5) is 0. The van der Waals surface area contributed by atoms with Crippen molar-refractivity contribution in [2.75, 3.05) is 13.7 Å². The molecular weight excluding hydrogens is 209 g/mol. The molecule has 0 spiro atoms. The maximum absolute atomic E-state index is 13.1. The maximum atomic E-state index is 13.1. The maximum Gasteiger partial charge on any atom is 0.130 e. The molecule has 0 radical (unpaired) electrons. The van der Waals surface area contributed by atoms with Gasteiger partial charge in [0.2, 0.25) is 0 Å². The van der Waals surface area contributed by atoms with Gasteiger partial charge in [0.15, 0.2) is 0 Å².